The van der Waals surface area contributed by atoms with Crippen molar-refractivity contribution in [3.63, 3.8) is 0 Å². The smallest absolute Gasteiger partial charge is 0.258 e. The van der Waals surface area contributed by atoms with Gasteiger partial charge in [0, 0.05) is 5.69 Å². The first-order chi connectivity index (χ1) is 8.56. The predicted molar refractivity (Wildman–Crippen MR) is 60.7 cm³/mol. The lowest BCUT2D eigenvalue weighted by atomic mass is 10.2. The van der Waals surface area contributed by atoms with E-state index in [-0.39, 0.29) is 0 Å². The van der Waals surface area contributed by atoms with Crippen LogP contribution < -0.4 is 5.32 Å². The van der Waals surface area contributed by atoms with Crippen LogP contribution in [0.2, 0.25) is 0 Å². The molecule has 1 amide bonds. The van der Waals surface area contributed by atoms with Crippen molar-refractivity contribution in [2.24, 2.45) is 0 Å². The van der Waals surface area contributed by atoms with Crippen LogP contribution in [0.5, 0.6) is 0 Å². The van der Waals surface area contributed by atoms with Gasteiger partial charge in [-0.15, -0.1) is 0 Å². The highest BCUT2D eigenvalue weighted by molar-refractivity contribution is 6.04. The second-order valence-electron chi connectivity index (χ2n) is 3.59. The van der Waals surface area contributed by atoms with E-state index in [0.717, 1.165) is 30.3 Å². The summed E-state index contributed by atoms with van der Waals surface area (Å²) >= 11 is 0. The van der Waals surface area contributed by atoms with Crippen LogP contribution in [0.1, 0.15) is 10.4 Å². The lowest BCUT2D eigenvalue weighted by Crippen LogP contribution is -2.14. The monoisotopic (exact) mass is 251 g/mol. The Labute approximate surface area is 101 Å². The SMILES string of the molecule is O=C(Nc1ccc(F)cc1)c1cc(F)ccc1F. The summed E-state index contributed by atoms with van der Waals surface area (Å²) in [5.74, 6) is -2.78. The number of anilines is 1. The molecule has 5 heteroatoms. The highest BCUT2D eigenvalue weighted by Gasteiger charge is 2.12. The molecule has 0 unspecified atom stereocenters. The molecular formula is C13H8F3NO. The van der Waals surface area contributed by atoms with E-state index in [1.807, 2.05) is 0 Å². The van der Waals surface area contributed by atoms with E-state index in [4.69, 9.17) is 0 Å². The molecule has 2 nitrogen and oxygen atoms in total. The normalized spacial score (nSPS) is 10.2. The zero-order chi connectivity index (χ0) is 13.1. The summed E-state index contributed by atoms with van der Waals surface area (Å²) in [4.78, 5) is 11.7. The minimum atomic E-state index is -0.823. The predicted octanol–water partition coefficient (Wildman–Crippen LogP) is 3.36. The number of rotatable bonds is 2. The van der Waals surface area contributed by atoms with Crippen LogP contribution in [0.15, 0.2) is 42.5 Å². The number of halogens is 3. The van der Waals surface area contributed by atoms with E-state index in [2.05, 4.69) is 5.32 Å². The summed E-state index contributed by atoms with van der Waals surface area (Å²) in [6.45, 7) is 0. The molecule has 18 heavy (non-hydrogen) atoms. The number of carbonyl (C=O) groups excluding carboxylic acids is 1. The number of hydrogen-bond acceptors (Lipinski definition) is 1. The topological polar surface area (TPSA) is 29.1 Å². The minimum absolute atomic E-state index is 0.296. The van der Waals surface area contributed by atoms with Crippen molar-refractivity contribution in [1.82, 2.24) is 0 Å². The Morgan fingerprint density at radius 3 is 2.17 bits per heavy atom. The van der Waals surface area contributed by atoms with Crippen molar-refractivity contribution in [2.75, 3.05) is 5.32 Å². The van der Waals surface area contributed by atoms with Crippen LogP contribution in [-0.4, -0.2) is 5.91 Å². The third kappa shape index (κ3) is 2.68. The first-order valence-corrected chi connectivity index (χ1v) is 5.08. The fourth-order valence-electron chi connectivity index (χ4n) is 1.40. The van der Waals surface area contributed by atoms with Crippen LogP contribution in [-0.2, 0) is 0 Å². The van der Waals surface area contributed by atoms with Crippen molar-refractivity contribution in [3.05, 3.63) is 65.5 Å². The molecule has 2 rings (SSSR count). The number of nitrogens with one attached hydrogen (secondary N) is 1. The van der Waals surface area contributed by atoms with Gasteiger partial charge < -0.3 is 5.32 Å². The molecule has 0 spiro atoms. The van der Waals surface area contributed by atoms with E-state index in [1.165, 1.54) is 12.1 Å². The standard InChI is InChI=1S/C13H8F3NO/c14-8-1-4-10(5-2-8)17-13(18)11-7-9(15)3-6-12(11)16/h1-7H,(H,17,18). The Bertz CT molecular complexity index is 581. The van der Waals surface area contributed by atoms with Crippen molar-refractivity contribution in [3.8, 4) is 0 Å². The zero-order valence-electron chi connectivity index (χ0n) is 9.08. The van der Waals surface area contributed by atoms with Crippen LogP contribution in [0.3, 0.4) is 0 Å². The fraction of sp³-hybridized carbons (Fsp3) is 0. The number of amides is 1. The summed E-state index contributed by atoms with van der Waals surface area (Å²) in [5, 5.41) is 2.34. The van der Waals surface area contributed by atoms with E-state index < -0.39 is 28.9 Å². The number of carbonyl (C=O) groups is 1. The average molecular weight is 251 g/mol. The molecule has 0 atom stereocenters. The van der Waals surface area contributed by atoms with Gasteiger partial charge in [0.15, 0.2) is 0 Å². The molecule has 0 aliphatic heterocycles. The quantitative estimate of drug-likeness (QED) is 0.871. The Morgan fingerprint density at radius 2 is 1.50 bits per heavy atom. The van der Waals surface area contributed by atoms with E-state index in [1.54, 1.807) is 0 Å². The molecule has 0 bridgehead atoms. The Kier molecular flexibility index (Phi) is 3.32. The third-order valence-electron chi connectivity index (χ3n) is 2.28. The second-order valence-corrected chi connectivity index (χ2v) is 3.59. The molecule has 0 radical (unpaired) electrons. The van der Waals surface area contributed by atoms with Gasteiger partial charge >= 0.3 is 0 Å². The van der Waals surface area contributed by atoms with Crippen molar-refractivity contribution >= 4 is 11.6 Å². The molecule has 2 aromatic rings. The molecule has 0 heterocycles. The summed E-state index contributed by atoms with van der Waals surface area (Å²) in [6.07, 6.45) is 0. The van der Waals surface area contributed by atoms with Crippen molar-refractivity contribution in [2.45, 2.75) is 0 Å². The number of benzene rings is 2. The molecule has 0 aliphatic carbocycles. The van der Waals surface area contributed by atoms with E-state index in [0.29, 0.717) is 5.69 Å². The van der Waals surface area contributed by atoms with Crippen LogP contribution in [0.25, 0.3) is 0 Å². The molecule has 0 aliphatic rings. The lowest BCUT2D eigenvalue weighted by Gasteiger charge is -2.06. The Morgan fingerprint density at radius 1 is 0.889 bits per heavy atom. The van der Waals surface area contributed by atoms with Crippen LogP contribution >= 0.6 is 0 Å². The highest BCUT2D eigenvalue weighted by Crippen LogP contribution is 2.14. The molecular weight excluding hydrogens is 243 g/mol. The van der Waals surface area contributed by atoms with Gasteiger partial charge in [-0.3, -0.25) is 4.79 Å². The largest absolute Gasteiger partial charge is 0.322 e. The van der Waals surface area contributed by atoms with Gasteiger partial charge in [0.05, 0.1) is 5.56 Å². The summed E-state index contributed by atoms with van der Waals surface area (Å²) < 4.78 is 38.8. The van der Waals surface area contributed by atoms with Gasteiger partial charge in [-0.2, -0.15) is 0 Å². The van der Waals surface area contributed by atoms with Crippen LogP contribution in [0, 0.1) is 17.5 Å². The second kappa shape index (κ2) is 4.91. The molecule has 0 saturated carbocycles. The van der Waals surface area contributed by atoms with Crippen LogP contribution in [0.4, 0.5) is 18.9 Å². The van der Waals surface area contributed by atoms with Gasteiger partial charge in [-0.05, 0) is 42.5 Å². The maximum Gasteiger partial charge on any atom is 0.258 e. The van der Waals surface area contributed by atoms with Gasteiger partial charge in [0.1, 0.15) is 17.5 Å². The fourth-order valence-corrected chi connectivity index (χ4v) is 1.40. The Balaban J connectivity index is 2.21. The van der Waals surface area contributed by atoms with Gasteiger partial charge in [0.2, 0.25) is 0 Å². The minimum Gasteiger partial charge on any atom is -0.322 e. The third-order valence-corrected chi connectivity index (χ3v) is 2.28. The molecule has 0 aromatic heterocycles. The molecule has 2 aromatic carbocycles. The maximum atomic E-state index is 13.3. The first kappa shape index (κ1) is 12.2. The van der Waals surface area contributed by atoms with Gasteiger partial charge in [0.25, 0.3) is 5.91 Å². The lowest BCUT2D eigenvalue weighted by molar-refractivity contribution is 0.102. The molecule has 1 N–H and O–H groups in total. The van der Waals surface area contributed by atoms with Crippen molar-refractivity contribution < 1.29 is 18.0 Å². The van der Waals surface area contributed by atoms with Gasteiger partial charge in [-0.1, -0.05) is 0 Å². The summed E-state index contributed by atoms with van der Waals surface area (Å²) in [6, 6.07) is 7.54. The summed E-state index contributed by atoms with van der Waals surface area (Å²) in [5.41, 5.74) is -0.107. The Hall–Kier alpha value is -2.30. The van der Waals surface area contributed by atoms with E-state index in [9.17, 15) is 18.0 Å². The summed E-state index contributed by atoms with van der Waals surface area (Å²) in [7, 11) is 0. The van der Waals surface area contributed by atoms with Crippen molar-refractivity contribution in [1.29, 1.82) is 0 Å². The zero-order valence-corrected chi connectivity index (χ0v) is 9.08. The maximum absolute atomic E-state index is 13.3. The molecule has 0 saturated heterocycles. The highest BCUT2D eigenvalue weighted by atomic mass is 19.1. The molecule has 0 fully saturated rings. The first-order valence-electron chi connectivity index (χ1n) is 5.08. The molecule has 92 valence electrons. The van der Waals surface area contributed by atoms with Gasteiger partial charge in [-0.25, -0.2) is 13.2 Å². The average Bonchev–Trinajstić information content (AvgIpc) is 2.35. The van der Waals surface area contributed by atoms with E-state index >= 15 is 0 Å². The number of hydrogen-bond donors (Lipinski definition) is 1.